The van der Waals surface area contributed by atoms with E-state index in [0.29, 0.717) is 37.4 Å². The Morgan fingerprint density at radius 3 is 2.75 bits per heavy atom. The number of hydrogen-bond acceptors (Lipinski definition) is 4. The number of carbonyl (C=O) groups is 2. The second kappa shape index (κ2) is 9.72. The van der Waals surface area contributed by atoms with Gasteiger partial charge >= 0.3 is 0 Å². The average Bonchev–Trinajstić information content (AvgIpc) is 3.10. The highest BCUT2D eigenvalue weighted by Crippen LogP contribution is 2.11. The molecule has 0 spiro atoms. The van der Waals surface area contributed by atoms with E-state index in [0.717, 1.165) is 11.3 Å². The molecule has 2 rings (SSSR count). The zero-order valence-corrected chi connectivity index (χ0v) is 14.5. The first-order valence-corrected chi connectivity index (χ1v) is 8.81. The van der Waals surface area contributed by atoms with Crippen LogP contribution in [0.4, 0.5) is 0 Å². The maximum Gasteiger partial charge on any atom is 0.261 e. The van der Waals surface area contributed by atoms with E-state index in [-0.39, 0.29) is 11.8 Å². The molecule has 0 bridgehead atoms. The van der Waals surface area contributed by atoms with Gasteiger partial charge in [-0.2, -0.15) is 0 Å². The van der Waals surface area contributed by atoms with Crippen LogP contribution in [-0.2, 0) is 4.79 Å². The highest BCUT2D eigenvalue weighted by molar-refractivity contribution is 7.12. The molecule has 6 heteroatoms. The first-order valence-electron chi connectivity index (χ1n) is 7.93. The van der Waals surface area contributed by atoms with Crippen LogP contribution >= 0.6 is 11.3 Å². The van der Waals surface area contributed by atoms with Crippen molar-refractivity contribution in [3.8, 4) is 5.75 Å². The predicted octanol–water partition coefficient (Wildman–Crippen LogP) is 2.76. The van der Waals surface area contributed by atoms with Gasteiger partial charge in [-0.1, -0.05) is 18.2 Å². The van der Waals surface area contributed by atoms with Gasteiger partial charge in [0.15, 0.2) is 0 Å². The summed E-state index contributed by atoms with van der Waals surface area (Å²) in [6.45, 7) is 3.40. The number of aryl methyl sites for hydroxylation is 1. The van der Waals surface area contributed by atoms with Crippen molar-refractivity contribution < 1.29 is 14.3 Å². The fraction of sp³-hybridized carbons (Fsp3) is 0.333. The summed E-state index contributed by atoms with van der Waals surface area (Å²) in [7, 11) is 0. The molecule has 0 saturated carbocycles. The molecule has 1 heterocycles. The van der Waals surface area contributed by atoms with Crippen molar-refractivity contribution in [3.63, 3.8) is 0 Å². The van der Waals surface area contributed by atoms with Gasteiger partial charge in [0, 0.05) is 13.0 Å². The molecule has 0 saturated heterocycles. The smallest absolute Gasteiger partial charge is 0.261 e. The minimum absolute atomic E-state index is 0.0341. The van der Waals surface area contributed by atoms with Gasteiger partial charge in [-0.05, 0) is 42.5 Å². The molecule has 0 radical (unpaired) electrons. The average molecular weight is 346 g/mol. The van der Waals surface area contributed by atoms with Crippen molar-refractivity contribution >= 4 is 23.2 Å². The van der Waals surface area contributed by atoms with E-state index in [2.05, 4.69) is 10.6 Å². The Hall–Kier alpha value is -2.34. The van der Waals surface area contributed by atoms with Gasteiger partial charge in [-0.25, -0.2) is 0 Å². The second-order valence-corrected chi connectivity index (χ2v) is 6.30. The van der Waals surface area contributed by atoms with Crippen LogP contribution in [0.5, 0.6) is 5.75 Å². The molecule has 0 aliphatic carbocycles. The van der Waals surface area contributed by atoms with Gasteiger partial charge in [0.1, 0.15) is 12.4 Å². The van der Waals surface area contributed by atoms with Crippen LogP contribution in [0.2, 0.25) is 0 Å². The zero-order chi connectivity index (χ0) is 17.2. The summed E-state index contributed by atoms with van der Waals surface area (Å²) in [6, 6.07) is 11.4. The molecule has 24 heavy (non-hydrogen) atoms. The first-order chi connectivity index (χ1) is 11.6. The molecule has 0 aliphatic heterocycles. The summed E-state index contributed by atoms with van der Waals surface area (Å²) in [5, 5.41) is 7.47. The number of rotatable bonds is 9. The molecule has 0 atom stereocenters. The molecule has 1 aromatic carbocycles. The lowest BCUT2D eigenvalue weighted by atomic mass is 10.2. The molecule has 2 N–H and O–H groups in total. The van der Waals surface area contributed by atoms with E-state index in [1.807, 2.05) is 42.6 Å². The Kier molecular flexibility index (Phi) is 7.29. The minimum Gasteiger partial charge on any atom is -0.492 e. The zero-order valence-electron chi connectivity index (χ0n) is 13.7. The number of nitrogens with one attached hydrogen (secondary N) is 2. The van der Waals surface area contributed by atoms with Crippen LogP contribution in [0, 0.1) is 6.92 Å². The molecule has 128 valence electrons. The minimum atomic E-state index is -0.0861. The fourth-order valence-corrected chi connectivity index (χ4v) is 2.74. The number of ether oxygens (including phenoxy) is 1. The van der Waals surface area contributed by atoms with Gasteiger partial charge in [0.05, 0.1) is 11.4 Å². The van der Waals surface area contributed by atoms with Crippen LogP contribution < -0.4 is 15.4 Å². The lowest BCUT2D eigenvalue weighted by molar-refractivity contribution is -0.121. The maximum atomic E-state index is 11.7. The van der Waals surface area contributed by atoms with E-state index in [4.69, 9.17) is 4.74 Å². The Morgan fingerprint density at radius 1 is 1.12 bits per heavy atom. The van der Waals surface area contributed by atoms with E-state index in [1.54, 1.807) is 6.07 Å². The van der Waals surface area contributed by atoms with Gasteiger partial charge in [0.2, 0.25) is 5.91 Å². The van der Waals surface area contributed by atoms with E-state index in [9.17, 15) is 9.59 Å². The highest BCUT2D eigenvalue weighted by Gasteiger charge is 2.06. The van der Waals surface area contributed by atoms with E-state index >= 15 is 0 Å². The Morgan fingerprint density at radius 2 is 2.00 bits per heavy atom. The van der Waals surface area contributed by atoms with E-state index in [1.165, 1.54) is 11.3 Å². The van der Waals surface area contributed by atoms with Gasteiger partial charge < -0.3 is 15.4 Å². The third-order valence-electron chi connectivity index (χ3n) is 3.29. The van der Waals surface area contributed by atoms with Gasteiger partial charge in [-0.3, -0.25) is 9.59 Å². The SMILES string of the molecule is Cc1cccc(OCCNC(=O)CCCNC(=O)c2cccs2)c1. The molecule has 0 unspecified atom stereocenters. The highest BCUT2D eigenvalue weighted by atomic mass is 32.1. The molecule has 0 aliphatic rings. The summed E-state index contributed by atoms with van der Waals surface area (Å²) in [5.41, 5.74) is 1.14. The summed E-state index contributed by atoms with van der Waals surface area (Å²) < 4.78 is 5.57. The summed E-state index contributed by atoms with van der Waals surface area (Å²) >= 11 is 1.40. The lowest BCUT2D eigenvalue weighted by Gasteiger charge is -2.08. The molecule has 5 nitrogen and oxygen atoms in total. The molecular weight excluding hydrogens is 324 g/mol. The van der Waals surface area contributed by atoms with Crippen molar-refractivity contribution in [3.05, 3.63) is 52.2 Å². The number of hydrogen-bond donors (Lipinski definition) is 2. The van der Waals surface area contributed by atoms with Crippen LogP contribution in [0.1, 0.15) is 28.1 Å². The van der Waals surface area contributed by atoms with Crippen molar-refractivity contribution in [2.75, 3.05) is 19.7 Å². The fourth-order valence-electron chi connectivity index (χ4n) is 2.10. The maximum absolute atomic E-state index is 11.7. The quantitative estimate of drug-likeness (QED) is 0.686. The van der Waals surface area contributed by atoms with Crippen LogP contribution in [-0.4, -0.2) is 31.5 Å². The summed E-state index contributed by atoms with van der Waals surface area (Å²) in [5.74, 6) is 0.686. The third-order valence-corrected chi connectivity index (χ3v) is 4.16. The predicted molar refractivity (Wildman–Crippen MR) is 95.6 cm³/mol. The van der Waals surface area contributed by atoms with Gasteiger partial charge in [0.25, 0.3) is 5.91 Å². The molecule has 2 aromatic rings. The molecule has 1 aromatic heterocycles. The molecular formula is C18H22N2O3S. The Balaban J connectivity index is 1.51. The Bertz CT molecular complexity index is 656. The first kappa shape index (κ1) is 18.0. The van der Waals surface area contributed by atoms with Gasteiger partial charge in [-0.15, -0.1) is 11.3 Å². The monoisotopic (exact) mass is 346 g/mol. The molecule has 2 amide bonds. The number of amides is 2. The summed E-state index contributed by atoms with van der Waals surface area (Å²) in [6.07, 6.45) is 0.997. The number of benzene rings is 1. The normalized spacial score (nSPS) is 10.2. The summed E-state index contributed by atoms with van der Waals surface area (Å²) in [4.78, 5) is 24.1. The van der Waals surface area contributed by atoms with Crippen molar-refractivity contribution in [1.82, 2.24) is 10.6 Å². The Labute approximate surface area is 146 Å². The second-order valence-electron chi connectivity index (χ2n) is 5.35. The van der Waals surface area contributed by atoms with Crippen LogP contribution in [0.25, 0.3) is 0 Å². The van der Waals surface area contributed by atoms with Crippen LogP contribution in [0.15, 0.2) is 41.8 Å². The standard InChI is InChI=1S/C18H22N2O3S/c1-14-5-2-6-15(13-14)23-11-10-19-17(21)8-3-9-20-18(22)16-7-4-12-24-16/h2,4-7,12-13H,3,8-11H2,1H3,(H,19,21)(H,20,22). The largest absolute Gasteiger partial charge is 0.492 e. The topological polar surface area (TPSA) is 67.4 Å². The molecule has 0 fully saturated rings. The number of carbonyl (C=O) groups excluding carboxylic acids is 2. The van der Waals surface area contributed by atoms with Crippen molar-refractivity contribution in [2.45, 2.75) is 19.8 Å². The van der Waals surface area contributed by atoms with E-state index < -0.39 is 0 Å². The number of thiophene rings is 1. The van der Waals surface area contributed by atoms with Crippen molar-refractivity contribution in [2.24, 2.45) is 0 Å². The third kappa shape index (κ3) is 6.42. The lowest BCUT2D eigenvalue weighted by Crippen LogP contribution is -2.29. The van der Waals surface area contributed by atoms with Crippen molar-refractivity contribution in [1.29, 1.82) is 0 Å². The van der Waals surface area contributed by atoms with Crippen LogP contribution in [0.3, 0.4) is 0 Å².